The first-order chi connectivity index (χ1) is 15.9. The highest BCUT2D eigenvalue weighted by Crippen LogP contribution is 2.11. The Hall–Kier alpha value is -3.16. The molecule has 3 rings (SSSR count). The molecule has 1 unspecified atom stereocenters. The van der Waals surface area contributed by atoms with Crippen LogP contribution in [0.25, 0.3) is 0 Å². The first kappa shape index (κ1) is 24.5. The number of hydrogen-bond acceptors (Lipinski definition) is 5. The van der Waals surface area contributed by atoms with Crippen LogP contribution in [-0.2, 0) is 24.2 Å². The van der Waals surface area contributed by atoms with E-state index in [1.807, 2.05) is 61.5 Å². The number of nitrogens with two attached hydrogens (primary N) is 1. The Morgan fingerprint density at radius 2 is 1.88 bits per heavy atom. The first-order valence-electron chi connectivity index (χ1n) is 11.0. The van der Waals surface area contributed by atoms with Gasteiger partial charge in [-0.15, -0.1) is 0 Å². The Morgan fingerprint density at radius 1 is 1.12 bits per heavy atom. The normalized spacial score (nSPS) is 11.8. The molecule has 1 aromatic heterocycles. The van der Waals surface area contributed by atoms with E-state index in [2.05, 4.69) is 15.6 Å². The molecule has 0 saturated carbocycles. The van der Waals surface area contributed by atoms with Crippen LogP contribution in [0.4, 0.5) is 5.82 Å². The van der Waals surface area contributed by atoms with E-state index in [9.17, 15) is 9.59 Å². The van der Waals surface area contributed by atoms with Crippen molar-refractivity contribution >= 4 is 23.3 Å². The third kappa shape index (κ3) is 7.73. The lowest BCUT2D eigenvalue weighted by molar-refractivity contribution is -0.118. The van der Waals surface area contributed by atoms with Gasteiger partial charge in [0.05, 0.1) is 0 Å². The maximum Gasteiger partial charge on any atom is 0.293 e. The van der Waals surface area contributed by atoms with Gasteiger partial charge in [-0.3, -0.25) is 9.59 Å². The van der Waals surface area contributed by atoms with Crippen LogP contribution >= 0.6 is 11.6 Å². The van der Waals surface area contributed by atoms with Gasteiger partial charge >= 0.3 is 0 Å². The molecule has 0 fully saturated rings. The molecule has 7 nitrogen and oxygen atoms in total. The average molecular weight is 468 g/mol. The second-order valence-corrected chi connectivity index (χ2v) is 8.47. The lowest BCUT2D eigenvalue weighted by Gasteiger charge is -2.19. The summed E-state index contributed by atoms with van der Waals surface area (Å²) in [6.45, 7) is 3.78. The van der Waals surface area contributed by atoms with Crippen LogP contribution < -0.4 is 21.9 Å². The second-order valence-electron chi connectivity index (χ2n) is 8.04. The number of benzene rings is 2. The van der Waals surface area contributed by atoms with Gasteiger partial charge in [0, 0.05) is 42.5 Å². The highest BCUT2D eigenvalue weighted by Gasteiger charge is 2.16. The summed E-state index contributed by atoms with van der Waals surface area (Å²) >= 11 is 6.03. The van der Waals surface area contributed by atoms with Crippen molar-refractivity contribution in [2.24, 2.45) is 5.73 Å². The fourth-order valence-electron chi connectivity index (χ4n) is 3.70. The number of carbonyl (C=O) groups is 1. The molecule has 0 radical (unpaired) electrons. The van der Waals surface area contributed by atoms with Crippen molar-refractivity contribution in [1.29, 1.82) is 0 Å². The van der Waals surface area contributed by atoms with Gasteiger partial charge in [0.2, 0.25) is 5.91 Å². The largest absolute Gasteiger partial charge is 0.370 e. The van der Waals surface area contributed by atoms with E-state index in [0.717, 1.165) is 34.8 Å². The van der Waals surface area contributed by atoms with Crippen molar-refractivity contribution in [3.63, 3.8) is 0 Å². The molecule has 1 amide bonds. The highest BCUT2D eigenvalue weighted by atomic mass is 35.5. The number of rotatable bonds is 12. The van der Waals surface area contributed by atoms with E-state index < -0.39 is 5.91 Å². The van der Waals surface area contributed by atoms with Crippen LogP contribution in [-0.4, -0.2) is 34.6 Å². The fraction of sp³-hybridized carbons (Fsp3) is 0.320. The zero-order valence-corrected chi connectivity index (χ0v) is 19.5. The van der Waals surface area contributed by atoms with E-state index in [0.29, 0.717) is 19.5 Å². The molecule has 0 aliphatic carbocycles. The number of aromatic nitrogens is 2. The third-order valence-corrected chi connectivity index (χ3v) is 5.59. The Morgan fingerprint density at radius 3 is 2.61 bits per heavy atom. The van der Waals surface area contributed by atoms with Crippen molar-refractivity contribution in [3.8, 4) is 0 Å². The standard InChI is InChI=1S/C25H30ClN5O2/c1-18-17-29-24(30-22(16-23(27)32)15-19-6-3-2-4-7-19)25(33)31(18)13-12-28-11-10-20-8-5-9-21(26)14-20/h2-9,14,17,22,28H,10-13,15-16H2,1H3,(H2,27,32)(H,29,30). The van der Waals surface area contributed by atoms with Crippen molar-refractivity contribution in [3.05, 3.63) is 93.0 Å². The average Bonchev–Trinajstić information content (AvgIpc) is 2.78. The summed E-state index contributed by atoms with van der Waals surface area (Å²) in [6.07, 6.45) is 3.18. The summed E-state index contributed by atoms with van der Waals surface area (Å²) in [4.78, 5) is 28.9. The molecule has 3 aromatic rings. The predicted molar refractivity (Wildman–Crippen MR) is 133 cm³/mol. The molecule has 0 aliphatic heterocycles. The first-order valence-corrected chi connectivity index (χ1v) is 11.4. The highest BCUT2D eigenvalue weighted by molar-refractivity contribution is 6.30. The van der Waals surface area contributed by atoms with Gasteiger partial charge in [0.15, 0.2) is 5.82 Å². The van der Waals surface area contributed by atoms with Crippen LogP contribution in [0.3, 0.4) is 0 Å². The Kier molecular flexibility index (Phi) is 9.04. The smallest absolute Gasteiger partial charge is 0.293 e. The zero-order chi connectivity index (χ0) is 23.6. The molecular weight excluding hydrogens is 438 g/mol. The van der Waals surface area contributed by atoms with Crippen molar-refractivity contribution in [2.45, 2.75) is 38.8 Å². The summed E-state index contributed by atoms with van der Waals surface area (Å²) in [6, 6.07) is 17.2. The van der Waals surface area contributed by atoms with Crippen molar-refractivity contribution in [1.82, 2.24) is 14.9 Å². The van der Waals surface area contributed by atoms with Crippen molar-refractivity contribution in [2.75, 3.05) is 18.4 Å². The Labute approximate surface area is 199 Å². The van der Waals surface area contributed by atoms with Gasteiger partial charge in [0.1, 0.15) is 0 Å². The second kappa shape index (κ2) is 12.2. The summed E-state index contributed by atoms with van der Waals surface area (Å²) in [5, 5.41) is 7.25. The van der Waals surface area contributed by atoms with Crippen LogP contribution in [0.2, 0.25) is 5.02 Å². The number of carbonyl (C=O) groups excluding carboxylic acids is 1. The molecular formula is C25H30ClN5O2. The fourth-order valence-corrected chi connectivity index (χ4v) is 3.91. The minimum atomic E-state index is -0.431. The molecule has 4 N–H and O–H groups in total. The molecule has 2 aromatic carbocycles. The monoisotopic (exact) mass is 467 g/mol. The predicted octanol–water partition coefficient (Wildman–Crippen LogP) is 2.94. The lowest BCUT2D eigenvalue weighted by atomic mass is 10.0. The van der Waals surface area contributed by atoms with Gasteiger partial charge in [-0.2, -0.15) is 0 Å². The number of amides is 1. The molecule has 33 heavy (non-hydrogen) atoms. The van der Waals surface area contributed by atoms with E-state index in [1.165, 1.54) is 0 Å². The number of hydrogen-bond donors (Lipinski definition) is 3. The minimum Gasteiger partial charge on any atom is -0.370 e. The summed E-state index contributed by atoms with van der Waals surface area (Å²) in [5.41, 5.74) is 8.21. The number of primary amides is 1. The topological polar surface area (TPSA) is 102 Å². The minimum absolute atomic E-state index is 0.106. The van der Waals surface area contributed by atoms with Crippen LogP contribution in [0.1, 0.15) is 23.2 Å². The number of nitrogens with one attached hydrogen (secondary N) is 2. The molecule has 0 spiro atoms. The van der Waals surface area contributed by atoms with Crippen LogP contribution in [0.15, 0.2) is 65.6 Å². The van der Waals surface area contributed by atoms with Gasteiger partial charge in [-0.05, 0) is 49.6 Å². The van der Waals surface area contributed by atoms with Gasteiger partial charge in [-0.1, -0.05) is 54.1 Å². The van der Waals surface area contributed by atoms with Crippen LogP contribution in [0.5, 0.6) is 0 Å². The van der Waals surface area contributed by atoms with E-state index in [-0.39, 0.29) is 23.8 Å². The van der Waals surface area contributed by atoms with E-state index in [1.54, 1.807) is 10.8 Å². The number of anilines is 1. The maximum absolute atomic E-state index is 13.1. The maximum atomic E-state index is 13.1. The Bertz CT molecular complexity index is 1120. The molecule has 1 heterocycles. The molecule has 1 atom stereocenters. The van der Waals surface area contributed by atoms with E-state index in [4.69, 9.17) is 17.3 Å². The van der Waals surface area contributed by atoms with Gasteiger partial charge < -0.3 is 20.9 Å². The van der Waals surface area contributed by atoms with E-state index >= 15 is 0 Å². The third-order valence-electron chi connectivity index (χ3n) is 5.36. The zero-order valence-electron chi connectivity index (χ0n) is 18.8. The summed E-state index contributed by atoms with van der Waals surface area (Å²) < 4.78 is 1.69. The molecule has 0 aliphatic rings. The van der Waals surface area contributed by atoms with Gasteiger partial charge in [-0.25, -0.2) is 4.98 Å². The molecule has 174 valence electrons. The quantitative estimate of drug-likeness (QED) is 0.355. The molecule has 0 saturated heterocycles. The molecule has 8 heteroatoms. The number of nitrogens with zero attached hydrogens (tertiary/aromatic N) is 2. The SMILES string of the molecule is Cc1cnc(NC(CC(N)=O)Cc2ccccc2)c(=O)n1CCNCCc1cccc(Cl)c1. The Balaban J connectivity index is 1.61. The lowest BCUT2D eigenvalue weighted by Crippen LogP contribution is -2.35. The number of aryl methyl sites for hydroxylation is 1. The summed E-state index contributed by atoms with van der Waals surface area (Å²) in [5.74, 6) is -0.207. The summed E-state index contributed by atoms with van der Waals surface area (Å²) in [7, 11) is 0. The number of halogens is 1. The van der Waals surface area contributed by atoms with Gasteiger partial charge in [0.25, 0.3) is 5.56 Å². The molecule has 0 bridgehead atoms. The van der Waals surface area contributed by atoms with Crippen molar-refractivity contribution < 1.29 is 4.79 Å². The van der Waals surface area contributed by atoms with Crippen LogP contribution in [0, 0.1) is 6.92 Å².